The van der Waals surface area contributed by atoms with E-state index in [1.165, 1.54) is 38.9 Å². The zero-order chi connectivity index (χ0) is 12.3. The topological polar surface area (TPSA) is 30.3 Å². The first-order chi connectivity index (χ1) is 8.19. The van der Waals surface area contributed by atoms with Crippen molar-refractivity contribution in [2.24, 2.45) is 11.8 Å². The van der Waals surface area contributed by atoms with Crippen molar-refractivity contribution in [3.8, 4) is 6.07 Å². The Morgan fingerprint density at radius 3 is 2.47 bits per heavy atom. The molecule has 1 saturated heterocycles. The van der Waals surface area contributed by atoms with Crippen LogP contribution in [0.1, 0.15) is 32.1 Å². The number of likely N-dealkylation sites (tertiary alicyclic amines) is 1. The van der Waals surface area contributed by atoms with Gasteiger partial charge in [0.2, 0.25) is 0 Å². The SMILES string of the molecule is CN1CCC(CN(C)C2CCC(C#N)CC2)C1. The van der Waals surface area contributed by atoms with Crippen molar-refractivity contribution in [2.75, 3.05) is 33.7 Å². The summed E-state index contributed by atoms with van der Waals surface area (Å²) in [6.45, 7) is 3.77. The van der Waals surface area contributed by atoms with Gasteiger partial charge in [-0.15, -0.1) is 0 Å². The molecule has 1 atom stereocenters. The lowest BCUT2D eigenvalue weighted by atomic mass is 9.86. The predicted octanol–water partition coefficient (Wildman–Crippen LogP) is 1.95. The molecule has 0 bridgehead atoms. The van der Waals surface area contributed by atoms with Crippen LogP contribution >= 0.6 is 0 Å². The Bertz CT molecular complexity index is 276. The highest BCUT2D eigenvalue weighted by Gasteiger charge is 2.27. The minimum atomic E-state index is 0.331. The lowest BCUT2D eigenvalue weighted by molar-refractivity contribution is 0.157. The van der Waals surface area contributed by atoms with E-state index in [1.54, 1.807) is 0 Å². The summed E-state index contributed by atoms with van der Waals surface area (Å²) in [6, 6.07) is 3.14. The highest BCUT2D eigenvalue weighted by atomic mass is 15.2. The normalized spacial score (nSPS) is 35.1. The monoisotopic (exact) mass is 235 g/mol. The minimum absolute atomic E-state index is 0.331. The number of nitriles is 1. The average molecular weight is 235 g/mol. The van der Waals surface area contributed by atoms with Gasteiger partial charge >= 0.3 is 0 Å². The summed E-state index contributed by atoms with van der Waals surface area (Å²) >= 11 is 0. The first-order valence-electron chi connectivity index (χ1n) is 6.97. The molecule has 3 heteroatoms. The van der Waals surface area contributed by atoms with Crippen LogP contribution in [-0.4, -0.2) is 49.6 Å². The zero-order valence-electron chi connectivity index (χ0n) is 11.2. The summed E-state index contributed by atoms with van der Waals surface area (Å²) in [5.41, 5.74) is 0. The first kappa shape index (κ1) is 12.9. The van der Waals surface area contributed by atoms with Crippen molar-refractivity contribution in [3.63, 3.8) is 0 Å². The molecule has 2 aliphatic rings. The van der Waals surface area contributed by atoms with Gasteiger partial charge in [-0.3, -0.25) is 0 Å². The maximum atomic E-state index is 8.91. The van der Waals surface area contributed by atoms with Gasteiger partial charge in [-0.2, -0.15) is 5.26 Å². The summed E-state index contributed by atoms with van der Waals surface area (Å²) < 4.78 is 0. The Hall–Kier alpha value is -0.590. The van der Waals surface area contributed by atoms with Gasteiger partial charge in [0.05, 0.1) is 6.07 Å². The van der Waals surface area contributed by atoms with Gasteiger partial charge in [0.1, 0.15) is 0 Å². The van der Waals surface area contributed by atoms with Crippen LogP contribution in [0.4, 0.5) is 0 Å². The van der Waals surface area contributed by atoms with E-state index in [0.29, 0.717) is 5.92 Å². The summed E-state index contributed by atoms with van der Waals surface area (Å²) in [6.07, 6.45) is 6.01. The molecule has 0 aromatic rings. The summed E-state index contributed by atoms with van der Waals surface area (Å²) in [7, 11) is 4.49. The fourth-order valence-corrected chi connectivity index (χ4v) is 3.38. The second-order valence-electron chi connectivity index (χ2n) is 5.99. The molecule has 1 saturated carbocycles. The third-order valence-corrected chi connectivity index (χ3v) is 4.54. The molecule has 96 valence electrons. The summed E-state index contributed by atoms with van der Waals surface area (Å²) in [4.78, 5) is 4.99. The molecule has 2 fully saturated rings. The molecule has 1 heterocycles. The number of hydrogen-bond acceptors (Lipinski definition) is 3. The van der Waals surface area contributed by atoms with Crippen molar-refractivity contribution in [1.82, 2.24) is 9.80 Å². The van der Waals surface area contributed by atoms with Crippen molar-refractivity contribution >= 4 is 0 Å². The van der Waals surface area contributed by atoms with Crippen LogP contribution in [0.15, 0.2) is 0 Å². The molecule has 1 aliphatic carbocycles. The number of rotatable bonds is 3. The second-order valence-corrected chi connectivity index (χ2v) is 5.99. The van der Waals surface area contributed by atoms with Gasteiger partial charge in [-0.1, -0.05) is 0 Å². The minimum Gasteiger partial charge on any atom is -0.306 e. The van der Waals surface area contributed by atoms with E-state index in [4.69, 9.17) is 5.26 Å². The van der Waals surface area contributed by atoms with E-state index in [-0.39, 0.29) is 0 Å². The Morgan fingerprint density at radius 1 is 1.24 bits per heavy atom. The molecule has 2 rings (SSSR count). The van der Waals surface area contributed by atoms with Gasteiger partial charge in [-0.05, 0) is 58.7 Å². The van der Waals surface area contributed by atoms with E-state index in [0.717, 1.165) is 24.8 Å². The zero-order valence-corrected chi connectivity index (χ0v) is 11.2. The van der Waals surface area contributed by atoms with Crippen LogP contribution in [0.5, 0.6) is 0 Å². The van der Waals surface area contributed by atoms with Gasteiger partial charge in [0, 0.05) is 25.0 Å². The van der Waals surface area contributed by atoms with Crippen molar-refractivity contribution < 1.29 is 0 Å². The van der Waals surface area contributed by atoms with Crippen LogP contribution < -0.4 is 0 Å². The molecule has 0 amide bonds. The smallest absolute Gasteiger partial charge is 0.0655 e. The molecule has 0 aromatic carbocycles. The molecule has 0 N–H and O–H groups in total. The lowest BCUT2D eigenvalue weighted by Crippen LogP contribution is -2.38. The van der Waals surface area contributed by atoms with Crippen LogP contribution in [0.25, 0.3) is 0 Å². The van der Waals surface area contributed by atoms with Gasteiger partial charge < -0.3 is 9.80 Å². The third kappa shape index (κ3) is 3.43. The van der Waals surface area contributed by atoms with Gasteiger partial charge in [0.15, 0.2) is 0 Å². The second kappa shape index (κ2) is 5.84. The van der Waals surface area contributed by atoms with Crippen molar-refractivity contribution in [2.45, 2.75) is 38.1 Å². The Labute approximate surface area is 105 Å². The fraction of sp³-hybridized carbons (Fsp3) is 0.929. The van der Waals surface area contributed by atoms with Crippen molar-refractivity contribution in [1.29, 1.82) is 5.26 Å². The molecule has 0 aromatic heterocycles. The quantitative estimate of drug-likeness (QED) is 0.749. The largest absolute Gasteiger partial charge is 0.306 e. The average Bonchev–Trinajstić information content (AvgIpc) is 2.75. The van der Waals surface area contributed by atoms with Crippen molar-refractivity contribution in [3.05, 3.63) is 0 Å². The number of hydrogen-bond donors (Lipinski definition) is 0. The summed E-state index contributed by atoms with van der Waals surface area (Å²) in [5.74, 6) is 1.19. The predicted molar refractivity (Wildman–Crippen MR) is 69.6 cm³/mol. The summed E-state index contributed by atoms with van der Waals surface area (Å²) in [5, 5.41) is 8.91. The Morgan fingerprint density at radius 2 is 1.94 bits per heavy atom. The van der Waals surface area contributed by atoms with Crippen LogP contribution in [0, 0.1) is 23.2 Å². The molecule has 1 aliphatic heterocycles. The molecule has 17 heavy (non-hydrogen) atoms. The molecule has 1 unspecified atom stereocenters. The van der Waals surface area contributed by atoms with E-state index in [2.05, 4.69) is 30.0 Å². The first-order valence-corrected chi connectivity index (χ1v) is 6.97. The fourth-order valence-electron chi connectivity index (χ4n) is 3.38. The van der Waals surface area contributed by atoms with E-state index in [1.807, 2.05) is 0 Å². The Kier molecular flexibility index (Phi) is 4.42. The van der Waals surface area contributed by atoms with Crippen LogP contribution in [0.3, 0.4) is 0 Å². The molecule has 3 nitrogen and oxygen atoms in total. The number of nitrogens with zero attached hydrogens (tertiary/aromatic N) is 3. The highest BCUT2D eigenvalue weighted by molar-refractivity contribution is 4.90. The third-order valence-electron chi connectivity index (χ3n) is 4.54. The maximum absolute atomic E-state index is 8.91. The van der Waals surface area contributed by atoms with E-state index in [9.17, 15) is 0 Å². The van der Waals surface area contributed by atoms with Crippen LogP contribution in [0.2, 0.25) is 0 Å². The van der Waals surface area contributed by atoms with E-state index >= 15 is 0 Å². The van der Waals surface area contributed by atoms with E-state index < -0.39 is 0 Å². The van der Waals surface area contributed by atoms with Gasteiger partial charge in [-0.25, -0.2) is 0 Å². The molecule has 0 radical (unpaired) electrons. The lowest BCUT2D eigenvalue weighted by Gasteiger charge is -2.34. The maximum Gasteiger partial charge on any atom is 0.0655 e. The Balaban J connectivity index is 1.73. The standard InChI is InChI=1S/C14H25N3/c1-16-8-7-13(10-16)11-17(2)14-5-3-12(9-15)4-6-14/h12-14H,3-8,10-11H2,1-2H3. The molecular weight excluding hydrogens is 210 g/mol. The van der Waals surface area contributed by atoms with Gasteiger partial charge in [0.25, 0.3) is 0 Å². The highest BCUT2D eigenvalue weighted by Crippen LogP contribution is 2.27. The van der Waals surface area contributed by atoms with Crippen LogP contribution in [-0.2, 0) is 0 Å². The molecular formula is C14H25N3. The molecule has 0 spiro atoms.